The maximum atomic E-state index is 12.5. The van der Waals surface area contributed by atoms with Crippen LogP contribution >= 0.6 is 0 Å². The van der Waals surface area contributed by atoms with Crippen molar-refractivity contribution in [2.45, 2.75) is 20.8 Å². The van der Waals surface area contributed by atoms with Crippen molar-refractivity contribution in [3.63, 3.8) is 0 Å². The van der Waals surface area contributed by atoms with Crippen molar-refractivity contribution in [1.29, 1.82) is 0 Å². The lowest BCUT2D eigenvalue weighted by Gasteiger charge is -2.23. The van der Waals surface area contributed by atoms with Crippen LogP contribution in [0.5, 0.6) is 0 Å². The van der Waals surface area contributed by atoms with Crippen LogP contribution in [0, 0.1) is 16.0 Å². The minimum absolute atomic E-state index is 0.129. The highest BCUT2D eigenvalue weighted by Crippen LogP contribution is 2.24. The molecule has 0 atom stereocenters. The predicted molar refractivity (Wildman–Crippen MR) is 79.1 cm³/mol. The van der Waals surface area contributed by atoms with Gasteiger partial charge in [0.1, 0.15) is 5.56 Å². The first kappa shape index (κ1) is 15.9. The maximum absolute atomic E-state index is 12.5. The van der Waals surface area contributed by atoms with E-state index in [9.17, 15) is 14.9 Å². The summed E-state index contributed by atoms with van der Waals surface area (Å²) < 4.78 is 0. The number of nitrogens with zero attached hydrogens (tertiary/aromatic N) is 2. The average Bonchev–Trinajstić information content (AvgIpc) is 2.42. The number of benzene rings is 1. The van der Waals surface area contributed by atoms with Gasteiger partial charge in [0, 0.05) is 31.9 Å². The van der Waals surface area contributed by atoms with Gasteiger partial charge >= 0.3 is 0 Å². The van der Waals surface area contributed by atoms with Gasteiger partial charge in [0.15, 0.2) is 0 Å². The molecule has 0 spiro atoms. The van der Waals surface area contributed by atoms with Gasteiger partial charge in [0.25, 0.3) is 11.6 Å². The van der Waals surface area contributed by atoms with Crippen LogP contribution in [0.25, 0.3) is 0 Å². The fraction of sp³-hybridized carbons (Fsp3) is 0.500. The Kier molecular flexibility index (Phi) is 5.49. The van der Waals surface area contributed by atoms with Gasteiger partial charge < -0.3 is 10.2 Å². The molecular weight excluding hydrogens is 258 g/mol. The summed E-state index contributed by atoms with van der Waals surface area (Å²) in [5, 5.41) is 14.0. The molecule has 0 heterocycles. The minimum atomic E-state index is -0.518. The topological polar surface area (TPSA) is 75.5 Å². The smallest absolute Gasteiger partial charge is 0.282 e. The first-order valence-corrected chi connectivity index (χ1v) is 6.66. The maximum Gasteiger partial charge on any atom is 0.282 e. The molecule has 6 heteroatoms. The lowest BCUT2D eigenvalue weighted by atomic mass is 10.1. The van der Waals surface area contributed by atoms with Gasteiger partial charge in [-0.15, -0.1) is 0 Å². The SMILES string of the molecule is CCN(CC(C)C)C(=O)c1cc(NC)ccc1[N+](=O)[O-]. The molecule has 0 fully saturated rings. The van der Waals surface area contributed by atoms with Crippen molar-refractivity contribution in [2.24, 2.45) is 5.92 Å². The Morgan fingerprint density at radius 3 is 2.55 bits per heavy atom. The molecule has 0 bridgehead atoms. The first-order valence-electron chi connectivity index (χ1n) is 6.66. The Balaban J connectivity index is 3.20. The van der Waals surface area contributed by atoms with Crippen molar-refractivity contribution in [3.8, 4) is 0 Å². The molecule has 6 nitrogen and oxygen atoms in total. The summed E-state index contributed by atoms with van der Waals surface area (Å²) in [5.74, 6) is 0.00967. The molecule has 0 saturated carbocycles. The molecule has 0 aliphatic heterocycles. The summed E-state index contributed by atoms with van der Waals surface area (Å²) in [5.41, 5.74) is 0.653. The summed E-state index contributed by atoms with van der Waals surface area (Å²) >= 11 is 0. The molecule has 1 rings (SSSR count). The van der Waals surface area contributed by atoms with Crippen LogP contribution in [-0.2, 0) is 0 Å². The summed E-state index contributed by atoms with van der Waals surface area (Å²) in [6.45, 7) is 6.99. The summed E-state index contributed by atoms with van der Waals surface area (Å²) in [6.07, 6.45) is 0. The number of nitrogens with one attached hydrogen (secondary N) is 1. The van der Waals surface area contributed by atoms with Crippen molar-refractivity contribution in [2.75, 3.05) is 25.5 Å². The normalized spacial score (nSPS) is 10.4. The Hall–Kier alpha value is -2.11. The molecular formula is C14H21N3O3. The Labute approximate surface area is 118 Å². The van der Waals surface area contributed by atoms with Gasteiger partial charge in [-0.05, 0) is 25.0 Å². The first-order chi connectivity index (χ1) is 9.40. The van der Waals surface area contributed by atoms with Crippen LogP contribution in [0.15, 0.2) is 18.2 Å². The standard InChI is InChI=1S/C14H21N3O3/c1-5-16(9-10(2)3)14(18)12-8-11(15-4)6-7-13(12)17(19)20/h6-8,10,15H,5,9H2,1-4H3. The van der Waals surface area contributed by atoms with E-state index in [1.54, 1.807) is 18.0 Å². The monoisotopic (exact) mass is 279 g/mol. The quantitative estimate of drug-likeness (QED) is 0.641. The third-order valence-corrected chi connectivity index (χ3v) is 2.97. The highest BCUT2D eigenvalue weighted by atomic mass is 16.6. The van der Waals surface area contributed by atoms with Gasteiger partial charge in [0.2, 0.25) is 0 Å². The number of amides is 1. The molecule has 0 radical (unpaired) electrons. The van der Waals surface area contributed by atoms with Gasteiger partial charge in [0.05, 0.1) is 4.92 Å². The molecule has 1 amide bonds. The van der Waals surface area contributed by atoms with E-state index in [4.69, 9.17) is 0 Å². The van der Waals surface area contributed by atoms with Crippen LogP contribution < -0.4 is 5.32 Å². The van der Waals surface area contributed by atoms with Crippen LogP contribution in [0.4, 0.5) is 11.4 Å². The van der Waals surface area contributed by atoms with Crippen molar-refractivity contribution >= 4 is 17.3 Å². The number of carbonyl (C=O) groups excluding carboxylic acids is 1. The number of nitro benzene ring substituents is 1. The number of rotatable bonds is 6. The van der Waals surface area contributed by atoms with E-state index in [2.05, 4.69) is 5.32 Å². The van der Waals surface area contributed by atoms with E-state index in [1.165, 1.54) is 12.1 Å². The molecule has 1 N–H and O–H groups in total. The second-order valence-corrected chi connectivity index (χ2v) is 4.98. The largest absolute Gasteiger partial charge is 0.388 e. The number of nitro groups is 1. The number of anilines is 1. The Morgan fingerprint density at radius 2 is 2.10 bits per heavy atom. The summed E-state index contributed by atoms with van der Waals surface area (Å²) in [6, 6.07) is 4.49. The highest BCUT2D eigenvalue weighted by molar-refractivity contribution is 5.99. The third-order valence-electron chi connectivity index (χ3n) is 2.97. The number of hydrogen-bond donors (Lipinski definition) is 1. The molecule has 0 aromatic heterocycles. The molecule has 110 valence electrons. The molecule has 0 saturated heterocycles. The fourth-order valence-electron chi connectivity index (χ4n) is 1.99. The van der Waals surface area contributed by atoms with Crippen molar-refractivity contribution < 1.29 is 9.72 Å². The summed E-state index contributed by atoms with van der Waals surface area (Å²) in [4.78, 5) is 24.7. The van der Waals surface area contributed by atoms with Crippen LogP contribution in [0.3, 0.4) is 0 Å². The third kappa shape index (κ3) is 3.69. The fourth-order valence-corrected chi connectivity index (χ4v) is 1.99. The zero-order chi connectivity index (χ0) is 15.3. The summed E-state index contributed by atoms with van der Waals surface area (Å²) in [7, 11) is 1.71. The highest BCUT2D eigenvalue weighted by Gasteiger charge is 2.24. The lowest BCUT2D eigenvalue weighted by molar-refractivity contribution is -0.385. The van der Waals surface area contributed by atoms with Crippen LogP contribution in [0.2, 0.25) is 0 Å². The van der Waals surface area contributed by atoms with E-state index >= 15 is 0 Å². The molecule has 0 aliphatic rings. The van der Waals surface area contributed by atoms with Crippen LogP contribution in [-0.4, -0.2) is 35.9 Å². The second kappa shape index (κ2) is 6.88. The lowest BCUT2D eigenvalue weighted by Crippen LogP contribution is -2.34. The number of carbonyl (C=O) groups is 1. The van der Waals surface area contributed by atoms with E-state index in [-0.39, 0.29) is 17.2 Å². The number of hydrogen-bond acceptors (Lipinski definition) is 4. The van der Waals surface area contributed by atoms with E-state index in [1.807, 2.05) is 20.8 Å². The van der Waals surface area contributed by atoms with Crippen molar-refractivity contribution in [1.82, 2.24) is 4.90 Å². The Morgan fingerprint density at radius 1 is 1.45 bits per heavy atom. The molecule has 1 aromatic carbocycles. The van der Waals surface area contributed by atoms with Gasteiger partial charge in [-0.2, -0.15) is 0 Å². The average molecular weight is 279 g/mol. The zero-order valence-electron chi connectivity index (χ0n) is 12.3. The van der Waals surface area contributed by atoms with E-state index < -0.39 is 4.92 Å². The van der Waals surface area contributed by atoms with Crippen molar-refractivity contribution in [3.05, 3.63) is 33.9 Å². The minimum Gasteiger partial charge on any atom is -0.388 e. The van der Waals surface area contributed by atoms with E-state index in [0.717, 1.165) is 0 Å². The molecule has 1 aromatic rings. The predicted octanol–water partition coefficient (Wildman–Crippen LogP) is 2.75. The Bertz CT molecular complexity index is 500. The van der Waals surface area contributed by atoms with Crippen LogP contribution in [0.1, 0.15) is 31.1 Å². The molecule has 20 heavy (non-hydrogen) atoms. The molecule has 0 aliphatic carbocycles. The zero-order valence-corrected chi connectivity index (χ0v) is 12.3. The molecule has 0 unspecified atom stereocenters. The van der Waals surface area contributed by atoms with Gasteiger partial charge in [-0.25, -0.2) is 0 Å². The van der Waals surface area contributed by atoms with E-state index in [0.29, 0.717) is 24.7 Å². The second-order valence-electron chi connectivity index (χ2n) is 4.98. The van der Waals surface area contributed by atoms with Gasteiger partial charge in [-0.3, -0.25) is 14.9 Å². The van der Waals surface area contributed by atoms with Gasteiger partial charge in [-0.1, -0.05) is 13.8 Å².